The average Bonchev–Trinajstić information content (AvgIpc) is 2.62. The number of nitriles is 1. The number of ether oxygens (including phenoxy) is 1. The van der Waals surface area contributed by atoms with Gasteiger partial charge in [-0.3, -0.25) is 0 Å². The molecule has 0 unspecified atom stereocenters. The number of phenolic OH excluding ortho intramolecular Hbond substituents is 1. The van der Waals surface area contributed by atoms with Gasteiger partial charge < -0.3 is 9.84 Å². The summed E-state index contributed by atoms with van der Waals surface area (Å²) in [6.45, 7) is 0.526. The van der Waals surface area contributed by atoms with Crippen LogP contribution in [0.15, 0.2) is 72.8 Å². The van der Waals surface area contributed by atoms with E-state index in [0.29, 0.717) is 6.61 Å². The number of hydrogen-bond acceptors (Lipinski definition) is 3. The zero-order valence-corrected chi connectivity index (χ0v) is 12.4. The summed E-state index contributed by atoms with van der Waals surface area (Å²) in [5, 5.41) is 18.5. The van der Waals surface area contributed by atoms with Gasteiger partial charge in [0.25, 0.3) is 0 Å². The molecule has 0 saturated heterocycles. The fraction of sp³-hybridized carbons (Fsp3) is 0.0500. The Morgan fingerprint density at radius 2 is 1.57 bits per heavy atom. The van der Waals surface area contributed by atoms with Crippen LogP contribution >= 0.6 is 0 Å². The molecule has 1 N–H and O–H groups in total. The molecule has 0 saturated carbocycles. The van der Waals surface area contributed by atoms with Crippen molar-refractivity contribution in [3.8, 4) is 28.7 Å². The second kappa shape index (κ2) is 6.67. The van der Waals surface area contributed by atoms with E-state index in [0.717, 1.165) is 22.4 Å². The van der Waals surface area contributed by atoms with Crippen LogP contribution in [0.1, 0.15) is 11.1 Å². The quantitative estimate of drug-likeness (QED) is 0.771. The van der Waals surface area contributed by atoms with Crippen LogP contribution in [-0.2, 0) is 6.61 Å². The van der Waals surface area contributed by atoms with Crippen LogP contribution in [0.4, 0.5) is 0 Å². The number of hydrogen-bond donors (Lipinski definition) is 1. The normalized spacial score (nSPS) is 10.0. The molecule has 0 spiro atoms. The summed E-state index contributed by atoms with van der Waals surface area (Å²) >= 11 is 0. The van der Waals surface area contributed by atoms with Gasteiger partial charge in [0.15, 0.2) is 0 Å². The number of rotatable bonds is 4. The fourth-order valence-electron chi connectivity index (χ4n) is 2.29. The van der Waals surface area contributed by atoms with Crippen molar-refractivity contribution in [1.29, 1.82) is 5.26 Å². The molecular formula is C20H15NO2. The van der Waals surface area contributed by atoms with Gasteiger partial charge >= 0.3 is 0 Å². The van der Waals surface area contributed by atoms with Gasteiger partial charge in [-0.1, -0.05) is 48.5 Å². The molecule has 23 heavy (non-hydrogen) atoms. The lowest BCUT2D eigenvalue weighted by molar-refractivity contribution is 0.306. The van der Waals surface area contributed by atoms with Gasteiger partial charge in [-0.2, -0.15) is 5.26 Å². The molecule has 0 aliphatic rings. The Morgan fingerprint density at radius 1 is 0.870 bits per heavy atom. The fourth-order valence-corrected chi connectivity index (χ4v) is 2.29. The molecule has 0 heterocycles. The smallest absolute Gasteiger partial charge is 0.133 e. The van der Waals surface area contributed by atoms with E-state index in [1.165, 1.54) is 6.07 Å². The Balaban J connectivity index is 1.73. The van der Waals surface area contributed by atoms with Crippen molar-refractivity contribution in [3.05, 3.63) is 83.9 Å². The van der Waals surface area contributed by atoms with Gasteiger partial charge in [-0.25, -0.2) is 0 Å². The molecule has 0 bridgehead atoms. The van der Waals surface area contributed by atoms with Gasteiger partial charge in [0.05, 0.1) is 5.56 Å². The highest BCUT2D eigenvalue weighted by atomic mass is 16.5. The maximum absolute atomic E-state index is 9.56. The standard InChI is InChI=1S/C20H15NO2/c21-13-18-12-17(8-11-20(18)22)16-6-9-19(10-7-16)23-14-15-4-2-1-3-5-15/h1-12,22H,14H2. The molecule has 0 fully saturated rings. The predicted octanol–water partition coefficient (Wildman–Crippen LogP) is 4.51. The van der Waals surface area contributed by atoms with Crippen LogP contribution in [0.5, 0.6) is 11.5 Å². The minimum atomic E-state index is -0.000866. The van der Waals surface area contributed by atoms with E-state index in [4.69, 9.17) is 10.00 Å². The van der Waals surface area contributed by atoms with E-state index in [9.17, 15) is 5.11 Å². The van der Waals surface area contributed by atoms with Crippen LogP contribution in [0.3, 0.4) is 0 Å². The molecule has 3 aromatic carbocycles. The van der Waals surface area contributed by atoms with Crippen molar-refractivity contribution in [2.45, 2.75) is 6.61 Å². The maximum atomic E-state index is 9.56. The molecule has 3 rings (SSSR count). The van der Waals surface area contributed by atoms with Crippen molar-refractivity contribution >= 4 is 0 Å². The molecule has 3 heteroatoms. The Hall–Kier alpha value is -3.25. The van der Waals surface area contributed by atoms with Crippen LogP contribution in [0.2, 0.25) is 0 Å². The Morgan fingerprint density at radius 3 is 2.26 bits per heavy atom. The third-order valence-electron chi connectivity index (χ3n) is 3.55. The first kappa shape index (κ1) is 14.7. The van der Waals surface area contributed by atoms with Crippen LogP contribution < -0.4 is 4.74 Å². The lowest BCUT2D eigenvalue weighted by atomic mass is 10.0. The summed E-state index contributed by atoms with van der Waals surface area (Å²) in [4.78, 5) is 0. The minimum absolute atomic E-state index is 0.000866. The summed E-state index contributed by atoms with van der Waals surface area (Å²) in [5.74, 6) is 0.788. The molecule has 0 aliphatic heterocycles. The average molecular weight is 301 g/mol. The SMILES string of the molecule is N#Cc1cc(-c2ccc(OCc3ccccc3)cc2)ccc1O. The summed E-state index contributed by atoms with van der Waals surface area (Å²) < 4.78 is 5.75. The number of nitrogens with zero attached hydrogens (tertiary/aromatic N) is 1. The molecule has 112 valence electrons. The van der Waals surface area contributed by atoms with E-state index >= 15 is 0 Å². The van der Waals surface area contributed by atoms with Crippen molar-refractivity contribution in [2.24, 2.45) is 0 Å². The van der Waals surface area contributed by atoms with Crippen molar-refractivity contribution in [2.75, 3.05) is 0 Å². The van der Waals surface area contributed by atoms with Crippen molar-refractivity contribution in [1.82, 2.24) is 0 Å². The second-order valence-corrected chi connectivity index (χ2v) is 5.14. The summed E-state index contributed by atoms with van der Waals surface area (Å²) in [5.41, 5.74) is 3.24. The first-order valence-corrected chi connectivity index (χ1v) is 7.26. The van der Waals surface area contributed by atoms with Crippen LogP contribution in [0.25, 0.3) is 11.1 Å². The Bertz CT molecular complexity index is 834. The van der Waals surface area contributed by atoms with Crippen LogP contribution in [-0.4, -0.2) is 5.11 Å². The monoisotopic (exact) mass is 301 g/mol. The Kier molecular flexibility index (Phi) is 4.26. The molecule has 3 nitrogen and oxygen atoms in total. The van der Waals surface area contributed by atoms with Gasteiger partial charge in [0.2, 0.25) is 0 Å². The van der Waals surface area contributed by atoms with E-state index < -0.39 is 0 Å². The van der Waals surface area contributed by atoms with E-state index in [1.54, 1.807) is 12.1 Å². The Labute approximate surface area is 135 Å². The zero-order chi connectivity index (χ0) is 16.1. The van der Waals surface area contributed by atoms with E-state index in [-0.39, 0.29) is 11.3 Å². The second-order valence-electron chi connectivity index (χ2n) is 5.14. The van der Waals surface area contributed by atoms with Gasteiger partial charge in [0, 0.05) is 0 Å². The highest BCUT2D eigenvalue weighted by Gasteiger charge is 2.04. The topological polar surface area (TPSA) is 53.2 Å². The molecule has 0 atom stereocenters. The highest BCUT2D eigenvalue weighted by molar-refractivity contribution is 5.67. The predicted molar refractivity (Wildman–Crippen MR) is 89.0 cm³/mol. The van der Waals surface area contributed by atoms with Crippen molar-refractivity contribution < 1.29 is 9.84 Å². The zero-order valence-electron chi connectivity index (χ0n) is 12.4. The minimum Gasteiger partial charge on any atom is -0.507 e. The van der Waals surface area contributed by atoms with E-state index in [2.05, 4.69) is 0 Å². The molecule has 0 aromatic heterocycles. The molecular weight excluding hydrogens is 286 g/mol. The number of benzene rings is 3. The first-order chi connectivity index (χ1) is 11.3. The lowest BCUT2D eigenvalue weighted by Crippen LogP contribution is -1.94. The lowest BCUT2D eigenvalue weighted by Gasteiger charge is -2.08. The van der Waals surface area contributed by atoms with Crippen LogP contribution in [0, 0.1) is 11.3 Å². The molecule has 3 aromatic rings. The highest BCUT2D eigenvalue weighted by Crippen LogP contribution is 2.27. The summed E-state index contributed by atoms with van der Waals surface area (Å²) in [6.07, 6.45) is 0. The summed E-state index contributed by atoms with van der Waals surface area (Å²) in [6, 6.07) is 24.6. The third kappa shape index (κ3) is 3.50. The summed E-state index contributed by atoms with van der Waals surface area (Å²) in [7, 11) is 0. The maximum Gasteiger partial charge on any atom is 0.133 e. The largest absolute Gasteiger partial charge is 0.507 e. The molecule has 0 aliphatic carbocycles. The van der Waals surface area contributed by atoms with Gasteiger partial charge in [-0.05, 0) is 41.0 Å². The number of phenols is 1. The third-order valence-corrected chi connectivity index (χ3v) is 3.55. The van der Waals surface area contributed by atoms with Gasteiger partial charge in [0.1, 0.15) is 24.2 Å². The van der Waals surface area contributed by atoms with Gasteiger partial charge in [-0.15, -0.1) is 0 Å². The van der Waals surface area contributed by atoms with Crippen molar-refractivity contribution in [3.63, 3.8) is 0 Å². The first-order valence-electron chi connectivity index (χ1n) is 7.26. The van der Waals surface area contributed by atoms with E-state index in [1.807, 2.05) is 60.7 Å². The molecule has 0 amide bonds. The molecule has 0 radical (unpaired) electrons. The number of aromatic hydroxyl groups is 1.